The molecule has 1 heterocycles. The molecular weight excluding hydrogens is 306 g/mol. The molecule has 1 aromatic carbocycles. The molecule has 3 nitrogen and oxygen atoms in total. The summed E-state index contributed by atoms with van der Waals surface area (Å²) in [6, 6.07) is 6.64. The van der Waals surface area contributed by atoms with E-state index in [-0.39, 0.29) is 0 Å². The van der Waals surface area contributed by atoms with Crippen LogP contribution in [0.3, 0.4) is 0 Å². The Hall–Kier alpha value is -1.000. The molecule has 0 saturated heterocycles. The van der Waals surface area contributed by atoms with Crippen molar-refractivity contribution in [2.45, 2.75) is 25.3 Å². The van der Waals surface area contributed by atoms with Crippen LogP contribution in [0, 0.1) is 0 Å². The molecule has 1 aliphatic rings. The first kappa shape index (κ1) is 14.4. The first-order valence-corrected chi connectivity index (χ1v) is 7.48. The monoisotopic (exact) mass is 325 g/mol. The fraction of sp³-hybridized carbons (Fsp3) is 0.467. The average molecular weight is 326 g/mol. The van der Waals surface area contributed by atoms with Crippen molar-refractivity contribution in [2.75, 3.05) is 19.8 Å². The third-order valence-corrected chi connectivity index (χ3v) is 3.69. The standard InChI is InChI=1S/C15H20BrNO2/c1-2-18-9-4-8-17-14-5-3-10-19-15-11-12(16)6-7-13(14)15/h2,6-7,11,14,17H,1,3-5,8-10H2. The summed E-state index contributed by atoms with van der Waals surface area (Å²) in [6.45, 7) is 5.98. The smallest absolute Gasteiger partial charge is 0.125 e. The minimum Gasteiger partial charge on any atom is -0.502 e. The molecule has 104 valence electrons. The lowest BCUT2D eigenvalue weighted by Crippen LogP contribution is -2.23. The van der Waals surface area contributed by atoms with Crippen LogP contribution in [-0.4, -0.2) is 19.8 Å². The van der Waals surface area contributed by atoms with Gasteiger partial charge in [0.25, 0.3) is 0 Å². The van der Waals surface area contributed by atoms with Gasteiger partial charge in [-0.1, -0.05) is 28.6 Å². The Bertz CT molecular complexity index is 423. The summed E-state index contributed by atoms with van der Waals surface area (Å²) in [4.78, 5) is 0. The zero-order valence-electron chi connectivity index (χ0n) is 11.0. The van der Waals surface area contributed by atoms with Crippen LogP contribution in [0.25, 0.3) is 0 Å². The molecule has 2 rings (SSSR count). The fourth-order valence-electron chi connectivity index (χ4n) is 2.27. The number of rotatable bonds is 6. The molecule has 1 aromatic rings. The zero-order valence-corrected chi connectivity index (χ0v) is 12.6. The van der Waals surface area contributed by atoms with Crippen LogP contribution >= 0.6 is 15.9 Å². The fourth-order valence-corrected chi connectivity index (χ4v) is 2.61. The molecule has 0 saturated carbocycles. The van der Waals surface area contributed by atoms with Crippen LogP contribution in [0.4, 0.5) is 0 Å². The second kappa shape index (κ2) is 7.56. The lowest BCUT2D eigenvalue weighted by atomic mass is 10.0. The number of fused-ring (bicyclic) bond motifs is 1. The molecule has 4 heteroatoms. The van der Waals surface area contributed by atoms with Gasteiger partial charge in [0.15, 0.2) is 0 Å². The van der Waals surface area contributed by atoms with Gasteiger partial charge in [0, 0.05) is 16.1 Å². The molecule has 0 bridgehead atoms. The zero-order chi connectivity index (χ0) is 13.5. The van der Waals surface area contributed by atoms with Gasteiger partial charge in [0.1, 0.15) is 5.75 Å². The topological polar surface area (TPSA) is 30.5 Å². The van der Waals surface area contributed by atoms with E-state index in [1.54, 1.807) is 0 Å². The highest BCUT2D eigenvalue weighted by Crippen LogP contribution is 2.33. The van der Waals surface area contributed by atoms with E-state index in [2.05, 4.69) is 46.0 Å². The second-order valence-electron chi connectivity index (χ2n) is 4.57. The molecule has 0 aliphatic carbocycles. The van der Waals surface area contributed by atoms with Crippen LogP contribution in [0.5, 0.6) is 5.75 Å². The van der Waals surface area contributed by atoms with E-state index in [4.69, 9.17) is 9.47 Å². The first-order valence-electron chi connectivity index (χ1n) is 6.69. The minimum absolute atomic E-state index is 0.370. The maximum atomic E-state index is 5.80. The Morgan fingerprint density at radius 2 is 2.42 bits per heavy atom. The Morgan fingerprint density at radius 3 is 3.26 bits per heavy atom. The number of halogens is 1. The molecule has 0 fully saturated rings. The van der Waals surface area contributed by atoms with E-state index >= 15 is 0 Å². The van der Waals surface area contributed by atoms with Gasteiger partial charge in [-0.05, 0) is 37.9 Å². The molecule has 0 spiro atoms. The van der Waals surface area contributed by atoms with Gasteiger partial charge in [0.05, 0.1) is 19.5 Å². The molecular formula is C15H20BrNO2. The molecule has 1 N–H and O–H groups in total. The van der Waals surface area contributed by atoms with Gasteiger partial charge >= 0.3 is 0 Å². The highest BCUT2D eigenvalue weighted by atomic mass is 79.9. The number of hydrogen-bond donors (Lipinski definition) is 1. The summed E-state index contributed by atoms with van der Waals surface area (Å²) in [7, 11) is 0. The molecule has 0 aromatic heterocycles. The van der Waals surface area contributed by atoms with Crippen LogP contribution in [-0.2, 0) is 4.74 Å². The first-order chi connectivity index (χ1) is 9.31. The van der Waals surface area contributed by atoms with Gasteiger partial charge in [-0.3, -0.25) is 0 Å². The Morgan fingerprint density at radius 1 is 1.53 bits per heavy atom. The predicted octanol–water partition coefficient (Wildman–Crippen LogP) is 3.80. The number of nitrogens with one attached hydrogen (secondary N) is 1. The van der Waals surface area contributed by atoms with Crippen LogP contribution in [0.15, 0.2) is 35.5 Å². The lowest BCUT2D eigenvalue weighted by Gasteiger charge is -2.18. The summed E-state index contributed by atoms with van der Waals surface area (Å²) in [5.74, 6) is 0.992. The average Bonchev–Trinajstić information content (AvgIpc) is 2.60. The molecule has 0 amide bonds. The summed E-state index contributed by atoms with van der Waals surface area (Å²) in [5.41, 5.74) is 1.25. The van der Waals surface area contributed by atoms with Crippen molar-refractivity contribution in [1.29, 1.82) is 0 Å². The number of hydrogen-bond acceptors (Lipinski definition) is 3. The van der Waals surface area contributed by atoms with E-state index in [0.29, 0.717) is 12.6 Å². The van der Waals surface area contributed by atoms with Crippen LogP contribution in [0.2, 0.25) is 0 Å². The van der Waals surface area contributed by atoms with E-state index in [1.165, 1.54) is 11.8 Å². The van der Waals surface area contributed by atoms with Crippen molar-refractivity contribution >= 4 is 15.9 Å². The summed E-state index contributed by atoms with van der Waals surface area (Å²) in [5, 5.41) is 3.59. The summed E-state index contributed by atoms with van der Waals surface area (Å²) < 4.78 is 12.0. The quantitative estimate of drug-likeness (QED) is 0.637. The maximum Gasteiger partial charge on any atom is 0.125 e. The van der Waals surface area contributed by atoms with Crippen molar-refractivity contribution in [2.24, 2.45) is 0 Å². The minimum atomic E-state index is 0.370. The summed E-state index contributed by atoms with van der Waals surface area (Å²) in [6.07, 6.45) is 4.66. The maximum absolute atomic E-state index is 5.80. The van der Waals surface area contributed by atoms with Crippen molar-refractivity contribution in [3.05, 3.63) is 41.1 Å². The van der Waals surface area contributed by atoms with E-state index in [9.17, 15) is 0 Å². The third kappa shape index (κ3) is 4.25. The lowest BCUT2D eigenvalue weighted by molar-refractivity contribution is 0.242. The Kier molecular flexibility index (Phi) is 5.73. The molecule has 19 heavy (non-hydrogen) atoms. The highest BCUT2D eigenvalue weighted by Gasteiger charge is 2.19. The van der Waals surface area contributed by atoms with Crippen molar-refractivity contribution in [3.63, 3.8) is 0 Å². The summed E-state index contributed by atoms with van der Waals surface area (Å²) >= 11 is 3.49. The van der Waals surface area contributed by atoms with E-state index in [1.807, 2.05) is 0 Å². The van der Waals surface area contributed by atoms with Gasteiger partial charge in [-0.25, -0.2) is 0 Å². The van der Waals surface area contributed by atoms with Gasteiger partial charge in [0.2, 0.25) is 0 Å². The van der Waals surface area contributed by atoms with Gasteiger partial charge < -0.3 is 14.8 Å². The third-order valence-electron chi connectivity index (χ3n) is 3.19. The molecule has 1 aliphatic heterocycles. The van der Waals surface area contributed by atoms with Crippen molar-refractivity contribution in [1.82, 2.24) is 5.32 Å². The van der Waals surface area contributed by atoms with Crippen molar-refractivity contribution in [3.8, 4) is 5.75 Å². The normalized spacial score (nSPS) is 18.1. The largest absolute Gasteiger partial charge is 0.502 e. The van der Waals surface area contributed by atoms with Crippen molar-refractivity contribution < 1.29 is 9.47 Å². The van der Waals surface area contributed by atoms with Crippen LogP contribution < -0.4 is 10.1 Å². The van der Waals surface area contributed by atoms with Gasteiger partial charge in [-0.2, -0.15) is 0 Å². The second-order valence-corrected chi connectivity index (χ2v) is 5.49. The SMILES string of the molecule is C=COCCCNC1CCCOc2cc(Br)ccc21. The molecule has 0 radical (unpaired) electrons. The Balaban J connectivity index is 1.95. The molecule has 1 unspecified atom stereocenters. The van der Waals surface area contributed by atoms with Gasteiger partial charge in [-0.15, -0.1) is 0 Å². The predicted molar refractivity (Wildman–Crippen MR) is 80.4 cm³/mol. The Labute approximate surface area is 123 Å². The van der Waals surface area contributed by atoms with E-state index < -0.39 is 0 Å². The molecule has 1 atom stereocenters. The van der Waals surface area contributed by atoms with Crippen LogP contribution in [0.1, 0.15) is 30.9 Å². The number of ether oxygens (including phenoxy) is 2. The number of benzene rings is 1. The highest BCUT2D eigenvalue weighted by molar-refractivity contribution is 9.10. The van der Waals surface area contributed by atoms with E-state index in [0.717, 1.165) is 42.6 Å².